The van der Waals surface area contributed by atoms with Gasteiger partial charge < -0.3 is 30.2 Å². The van der Waals surface area contributed by atoms with Crippen LogP contribution in [0.25, 0.3) is 33.6 Å². The fourth-order valence-electron chi connectivity index (χ4n) is 7.29. The molecule has 0 unspecified atom stereocenters. The summed E-state index contributed by atoms with van der Waals surface area (Å²) in [5, 5.41) is 13.7. The fourth-order valence-corrected chi connectivity index (χ4v) is 7.81. The molecule has 6 aromatic rings. The van der Waals surface area contributed by atoms with Crippen molar-refractivity contribution >= 4 is 29.2 Å². The summed E-state index contributed by atoms with van der Waals surface area (Å²) in [6, 6.07) is 24.1. The molecule has 52 heavy (non-hydrogen) atoms. The molecule has 2 saturated heterocycles. The fraction of sp³-hybridized carbons (Fsp3) is 0.231. The van der Waals surface area contributed by atoms with Gasteiger partial charge in [-0.3, -0.25) is 9.59 Å². The molecule has 3 amide bonds. The Hall–Kier alpha value is -6.08. The Morgan fingerprint density at radius 1 is 0.731 bits per heavy atom. The zero-order valence-corrected chi connectivity index (χ0v) is 28.9. The highest BCUT2D eigenvalue weighted by Gasteiger charge is 2.37. The number of amides is 3. The van der Waals surface area contributed by atoms with Crippen molar-refractivity contribution in [1.29, 1.82) is 0 Å². The van der Waals surface area contributed by atoms with Gasteiger partial charge in [-0.05, 0) is 53.5 Å². The molecule has 2 aliphatic rings. The molecule has 3 aromatic heterocycles. The molecule has 3 aromatic carbocycles. The molecule has 2 fully saturated rings. The van der Waals surface area contributed by atoms with Crippen molar-refractivity contribution in [3.05, 3.63) is 125 Å². The van der Waals surface area contributed by atoms with Crippen LogP contribution < -0.4 is 5.32 Å². The van der Waals surface area contributed by atoms with Crippen molar-refractivity contribution in [2.45, 2.75) is 43.8 Å². The second-order valence-electron chi connectivity index (χ2n) is 13.0. The van der Waals surface area contributed by atoms with Gasteiger partial charge in [0.25, 0.3) is 11.8 Å². The lowest BCUT2D eigenvalue weighted by Crippen LogP contribution is -2.42. The number of hydrogen-bond acceptors (Lipinski definition) is 7. The number of thiazole rings is 1. The average Bonchev–Trinajstić information content (AvgIpc) is 4.03. The second kappa shape index (κ2) is 14.3. The SMILES string of the molecule is O=C(O)N[C@@H](C(=O)N1CCC[C@H]1c1ncc(-c2ccc(-c3ccc(-c4cnc([C@@H]5CCCN5C(=O)c5cscn5)[nH]4)cc3)cc2)[nH]1)c1ccccc1. The van der Waals surface area contributed by atoms with Crippen LogP contribution in [0.1, 0.15) is 71.5 Å². The van der Waals surface area contributed by atoms with E-state index >= 15 is 0 Å². The lowest BCUT2D eigenvalue weighted by Gasteiger charge is -2.28. The van der Waals surface area contributed by atoms with E-state index in [-0.39, 0.29) is 23.9 Å². The molecule has 0 bridgehead atoms. The molecule has 3 atom stereocenters. The minimum absolute atomic E-state index is 0.0538. The first-order chi connectivity index (χ1) is 25.4. The number of carbonyl (C=O) groups is 3. The number of benzene rings is 3. The van der Waals surface area contributed by atoms with E-state index in [9.17, 15) is 19.5 Å². The van der Waals surface area contributed by atoms with Gasteiger partial charge in [0.2, 0.25) is 0 Å². The van der Waals surface area contributed by atoms with E-state index in [1.54, 1.807) is 46.3 Å². The zero-order chi connectivity index (χ0) is 35.6. The number of aromatic amines is 2. The summed E-state index contributed by atoms with van der Waals surface area (Å²) in [5.74, 6) is 1.12. The number of hydrogen-bond donors (Lipinski definition) is 4. The van der Waals surface area contributed by atoms with E-state index in [1.165, 1.54) is 11.3 Å². The van der Waals surface area contributed by atoms with Gasteiger partial charge >= 0.3 is 6.09 Å². The van der Waals surface area contributed by atoms with Crippen molar-refractivity contribution in [3.8, 4) is 33.6 Å². The van der Waals surface area contributed by atoms with Gasteiger partial charge in [-0.2, -0.15) is 0 Å². The molecule has 0 aliphatic carbocycles. The van der Waals surface area contributed by atoms with Crippen LogP contribution in [0, 0.1) is 0 Å². The van der Waals surface area contributed by atoms with Crippen LogP contribution in [0.3, 0.4) is 0 Å². The Morgan fingerprint density at radius 2 is 1.27 bits per heavy atom. The van der Waals surface area contributed by atoms with Gasteiger partial charge in [-0.1, -0.05) is 78.9 Å². The minimum Gasteiger partial charge on any atom is -0.465 e. The lowest BCUT2D eigenvalue weighted by molar-refractivity contribution is -0.134. The van der Waals surface area contributed by atoms with E-state index < -0.39 is 12.1 Å². The summed E-state index contributed by atoms with van der Waals surface area (Å²) in [5.41, 5.74) is 8.60. The highest BCUT2D eigenvalue weighted by Crippen LogP contribution is 2.35. The van der Waals surface area contributed by atoms with Crippen molar-refractivity contribution < 1.29 is 19.5 Å². The summed E-state index contributed by atoms with van der Waals surface area (Å²) in [7, 11) is 0. The predicted molar refractivity (Wildman–Crippen MR) is 196 cm³/mol. The summed E-state index contributed by atoms with van der Waals surface area (Å²) < 4.78 is 0. The molecule has 0 radical (unpaired) electrons. The number of H-pyrrole nitrogens is 2. The van der Waals surface area contributed by atoms with Crippen LogP contribution in [0.2, 0.25) is 0 Å². The first kappa shape index (κ1) is 33.1. The van der Waals surface area contributed by atoms with Crippen LogP contribution in [0.4, 0.5) is 4.79 Å². The number of imidazole rings is 2. The number of likely N-dealkylation sites (tertiary alicyclic amines) is 2. The Labute approximate surface area is 303 Å². The van der Waals surface area contributed by atoms with Crippen LogP contribution >= 0.6 is 11.3 Å². The summed E-state index contributed by atoms with van der Waals surface area (Å²) >= 11 is 1.42. The van der Waals surface area contributed by atoms with Crippen LogP contribution in [-0.4, -0.2) is 70.8 Å². The van der Waals surface area contributed by atoms with Crippen LogP contribution in [-0.2, 0) is 4.79 Å². The Morgan fingerprint density at radius 3 is 1.81 bits per heavy atom. The summed E-state index contributed by atoms with van der Waals surface area (Å²) in [6.07, 6.45) is 5.67. The van der Waals surface area contributed by atoms with Gasteiger partial charge in [-0.25, -0.2) is 19.7 Å². The van der Waals surface area contributed by atoms with Gasteiger partial charge in [0.1, 0.15) is 23.4 Å². The molecule has 5 heterocycles. The van der Waals surface area contributed by atoms with Crippen LogP contribution in [0.5, 0.6) is 0 Å². The quantitative estimate of drug-likeness (QED) is 0.123. The maximum Gasteiger partial charge on any atom is 0.405 e. The molecule has 12 nitrogen and oxygen atoms in total. The lowest BCUT2D eigenvalue weighted by atomic mass is 10.0. The second-order valence-corrected chi connectivity index (χ2v) is 13.8. The third-order valence-electron chi connectivity index (χ3n) is 9.90. The van der Waals surface area contributed by atoms with Crippen molar-refractivity contribution in [2.75, 3.05) is 13.1 Å². The standard InChI is InChI=1S/C39H36N8O4S/c48-37(31-22-52-23-42-31)46-18-4-8-32(46)35-40-20-29(43-35)26-14-10-24(11-15-26)25-12-16-27(17-13-25)30-21-41-36(44-30)33-9-5-19-47(33)38(49)34(45-39(50)51)28-6-2-1-3-7-28/h1-3,6-7,10-17,20-23,32-34,45H,4-5,8-9,18-19H2,(H,40,43)(H,41,44)(H,50,51)/t32-,33-,34+/m0/s1. The smallest absolute Gasteiger partial charge is 0.405 e. The van der Waals surface area contributed by atoms with Gasteiger partial charge in [0, 0.05) is 18.5 Å². The minimum atomic E-state index is -1.25. The maximum atomic E-state index is 13.7. The Kier molecular flexibility index (Phi) is 9.08. The number of rotatable bonds is 9. The third-order valence-corrected chi connectivity index (χ3v) is 10.5. The maximum absolute atomic E-state index is 13.7. The van der Waals surface area contributed by atoms with Gasteiger partial charge in [-0.15, -0.1) is 11.3 Å². The molecule has 0 spiro atoms. The molecule has 4 N–H and O–H groups in total. The number of carbonyl (C=O) groups excluding carboxylic acids is 2. The zero-order valence-electron chi connectivity index (χ0n) is 28.1. The topological polar surface area (TPSA) is 160 Å². The monoisotopic (exact) mass is 712 g/mol. The number of aromatic nitrogens is 5. The van der Waals surface area contributed by atoms with E-state index in [0.717, 1.165) is 65.1 Å². The molecule has 2 aliphatic heterocycles. The normalized spacial score (nSPS) is 17.7. The van der Waals surface area contributed by atoms with E-state index in [4.69, 9.17) is 0 Å². The van der Waals surface area contributed by atoms with Crippen LogP contribution in [0.15, 0.2) is 102 Å². The highest BCUT2D eigenvalue weighted by atomic mass is 32.1. The molecule has 8 rings (SSSR count). The average molecular weight is 713 g/mol. The van der Waals surface area contributed by atoms with E-state index in [0.29, 0.717) is 30.2 Å². The van der Waals surface area contributed by atoms with Crippen molar-refractivity contribution in [1.82, 2.24) is 40.0 Å². The Bertz CT molecular complexity index is 2180. The molecule has 0 saturated carbocycles. The van der Waals surface area contributed by atoms with Crippen molar-refractivity contribution in [3.63, 3.8) is 0 Å². The molecule has 262 valence electrons. The summed E-state index contributed by atoms with van der Waals surface area (Å²) in [6.45, 7) is 1.21. The van der Waals surface area contributed by atoms with E-state index in [2.05, 4.69) is 66.6 Å². The largest absolute Gasteiger partial charge is 0.465 e. The highest BCUT2D eigenvalue weighted by molar-refractivity contribution is 7.07. The van der Waals surface area contributed by atoms with Gasteiger partial charge in [0.15, 0.2) is 0 Å². The first-order valence-electron chi connectivity index (χ1n) is 17.3. The number of carboxylic acid groups (broad SMARTS) is 1. The number of nitrogens with zero attached hydrogens (tertiary/aromatic N) is 5. The first-order valence-corrected chi connectivity index (χ1v) is 18.2. The molecular formula is C39H36N8O4S. The summed E-state index contributed by atoms with van der Waals surface area (Å²) in [4.78, 5) is 62.3. The molecular weight excluding hydrogens is 677 g/mol. The Balaban J connectivity index is 0.936. The third kappa shape index (κ3) is 6.58. The predicted octanol–water partition coefficient (Wildman–Crippen LogP) is 7.24. The molecule has 13 heteroatoms. The van der Waals surface area contributed by atoms with Crippen molar-refractivity contribution in [2.24, 2.45) is 0 Å². The van der Waals surface area contributed by atoms with Gasteiger partial charge in [0.05, 0.1) is 41.4 Å². The number of nitrogens with one attached hydrogen (secondary N) is 3. The van der Waals surface area contributed by atoms with E-state index in [1.807, 2.05) is 29.3 Å².